The molecule has 0 aliphatic heterocycles. The highest BCUT2D eigenvalue weighted by atomic mass is 16.5. The monoisotopic (exact) mass is 552 g/mol. The number of carbonyl (C=O) groups excluding carboxylic acids is 1. The van der Waals surface area contributed by atoms with Crippen molar-refractivity contribution in [1.82, 2.24) is 30.2 Å². The van der Waals surface area contributed by atoms with Crippen LogP contribution in [0.4, 0.5) is 0 Å². The van der Waals surface area contributed by atoms with Crippen molar-refractivity contribution in [2.24, 2.45) is 0 Å². The summed E-state index contributed by atoms with van der Waals surface area (Å²) in [6.07, 6.45) is 5.25. The number of benzene rings is 3. The molecule has 0 bridgehead atoms. The molecule has 10 nitrogen and oxygen atoms in total. The fourth-order valence-corrected chi connectivity index (χ4v) is 4.67. The van der Waals surface area contributed by atoms with Gasteiger partial charge in [-0.25, -0.2) is 4.98 Å². The number of ether oxygens (including phenoxy) is 1. The van der Waals surface area contributed by atoms with Crippen molar-refractivity contribution < 1.29 is 19.7 Å². The molecule has 0 spiro atoms. The topological polar surface area (TPSA) is 139 Å². The molecule has 5 aromatic rings. The molecule has 0 aliphatic carbocycles. The van der Waals surface area contributed by atoms with Gasteiger partial charge in [0.05, 0.1) is 11.9 Å². The number of tetrazole rings is 1. The third-order valence-corrected chi connectivity index (χ3v) is 6.93. The molecule has 0 saturated heterocycles. The first-order valence-corrected chi connectivity index (χ1v) is 13.6. The van der Waals surface area contributed by atoms with Gasteiger partial charge in [-0.3, -0.25) is 4.79 Å². The first-order valence-electron chi connectivity index (χ1n) is 13.6. The number of aromatic amines is 1. The second kappa shape index (κ2) is 12.9. The van der Waals surface area contributed by atoms with E-state index in [1.54, 1.807) is 12.3 Å². The van der Waals surface area contributed by atoms with Gasteiger partial charge in [0.1, 0.15) is 12.4 Å². The molecule has 0 aliphatic rings. The Morgan fingerprint density at radius 2 is 1.73 bits per heavy atom. The Labute approximate surface area is 237 Å². The predicted octanol–water partition coefficient (Wildman–Crippen LogP) is 5.21. The van der Waals surface area contributed by atoms with E-state index >= 15 is 0 Å². The van der Waals surface area contributed by atoms with E-state index in [1.165, 1.54) is 12.1 Å². The zero-order valence-corrected chi connectivity index (χ0v) is 22.8. The Kier molecular flexibility index (Phi) is 8.68. The maximum absolute atomic E-state index is 12.5. The van der Waals surface area contributed by atoms with E-state index < -0.39 is 0 Å². The van der Waals surface area contributed by atoms with Crippen LogP contribution in [0.2, 0.25) is 0 Å². The van der Waals surface area contributed by atoms with Gasteiger partial charge in [-0.1, -0.05) is 67.9 Å². The molecular weight excluding hydrogens is 520 g/mol. The number of hydrogen-bond donors (Lipinski definition) is 3. The number of phenolic OH excluding ortho intramolecular Hbond substituents is 2. The van der Waals surface area contributed by atoms with Crippen LogP contribution < -0.4 is 0 Å². The van der Waals surface area contributed by atoms with E-state index in [0.717, 1.165) is 58.6 Å². The Balaban J connectivity index is 1.27. The maximum Gasteiger partial charge on any atom is 0.306 e. The van der Waals surface area contributed by atoms with Crippen LogP contribution in [-0.4, -0.2) is 46.4 Å². The molecule has 210 valence electrons. The van der Waals surface area contributed by atoms with Gasteiger partial charge in [0, 0.05) is 24.9 Å². The Morgan fingerprint density at radius 3 is 2.46 bits per heavy atom. The largest absolute Gasteiger partial charge is 0.504 e. The summed E-state index contributed by atoms with van der Waals surface area (Å²) in [5.74, 6) is 0.772. The van der Waals surface area contributed by atoms with Gasteiger partial charge in [-0.05, 0) is 52.4 Å². The highest BCUT2D eigenvalue weighted by Crippen LogP contribution is 2.30. The van der Waals surface area contributed by atoms with Crippen LogP contribution in [-0.2, 0) is 35.5 Å². The van der Waals surface area contributed by atoms with Crippen LogP contribution in [0, 0.1) is 0 Å². The maximum atomic E-state index is 12.5. The first kappa shape index (κ1) is 27.6. The number of nitrogens with zero attached hydrogens (tertiary/aromatic N) is 5. The number of nitrogens with one attached hydrogen (secondary N) is 1. The van der Waals surface area contributed by atoms with E-state index in [4.69, 9.17) is 4.74 Å². The van der Waals surface area contributed by atoms with Crippen molar-refractivity contribution in [3.63, 3.8) is 0 Å². The van der Waals surface area contributed by atoms with Gasteiger partial charge in [0.25, 0.3) is 0 Å². The minimum atomic E-state index is -0.343. The molecule has 0 amide bonds. The van der Waals surface area contributed by atoms with Crippen LogP contribution in [0.3, 0.4) is 0 Å². The number of phenols is 2. The number of rotatable bonds is 12. The molecule has 0 saturated carbocycles. The van der Waals surface area contributed by atoms with Crippen molar-refractivity contribution in [3.05, 3.63) is 95.6 Å². The molecule has 3 N–H and O–H groups in total. The number of carbonyl (C=O) groups is 1. The molecule has 2 heterocycles. The highest BCUT2D eigenvalue weighted by molar-refractivity contribution is 5.80. The van der Waals surface area contributed by atoms with E-state index in [-0.39, 0.29) is 30.5 Å². The van der Waals surface area contributed by atoms with Crippen LogP contribution in [0.15, 0.2) is 72.9 Å². The lowest BCUT2D eigenvalue weighted by atomic mass is 9.98. The zero-order valence-electron chi connectivity index (χ0n) is 22.8. The van der Waals surface area contributed by atoms with Gasteiger partial charge in [0.15, 0.2) is 11.5 Å². The minimum absolute atomic E-state index is 0.120. The summed E-state index contributed by atoms with van der Waals surface area (Å²) >= 11 is 0. The number of unbranched alkanes of at least 4 members (excludes halogenated alkanes) is 1. The molecule has 3 aromatic carbocycles. The van der Waals surface area contributed by atoms with Crippen molar-refractivity contribution in [3.8, 4) is 34.0 Å². The number of hydrogen-bond acceptors (Lipinski definition) is 8. The fraction of sp³-hybridized carbons (Fsp3) is 0.258. The molecule has 5 rings (SSSR count). The van der Waals surface area contributed by atoms with E-state index in [1.807, 2.05) is 24.3 Å². The molecule has 2 aromatic heterocycles. The lowest BCUT2D eigenvalue weighted by Gasteiger charge is -2.14. The minimum Gasteiger partial charge on any atom is -0.504 e. The smallest absolute Gasteiger partial charge is 0.306 e. The number of H-pyrrole nitrogens is 1. The number of aryl methyl sites for hydroxylation is 2. The zero-order chi connectivity index (χ0) is 28.6. The lowest BCUT2D eigenvalue weighted by molar-refractivity contribution is -0.145. The SMILES string of the molecule is CCCCc1ncc(COC(=O)CCc2ccc(O)c(O)c2)n1Cc1ccc(-c2ccccc2-c2nn[nH]n2)cc1. The summed E-state index contributed by atoms with van der Waals surface area (Å²) in [5, 5.41) is 33.6. The summed E-state index contributed by atoms with van der Waals surface area (Å²) in [7, 11) is 0. The molecule has 0 fully saturated rings. The van der Waals surface area contributed by atoms with Crippen molar-refractivity contribution in [2.45, 2.75) is 52.2 Å². The Bertz CT molecular complexity index is 1600. The number of esters is 1. The van der Waals surface area contributed by atoms with Crippen molar-refractivity contribution >= 4 is 5.97 Å². The quantitative estimate of drug-likeness (QED) is 0.142. The molecule has 41 heavy (non-hydrogen) atoms. The van der Waals surface area contributed by atoms with Crippen LogP contribution in [0.5, 0.6) is 11.5 Å². The summed E-state index contributed by atoms with van der Waals surface area (Å²) in [6, 6.07) is 20.8. The summed E-state index contributed by atoms with van der Waals surface area (Å²) in [4.78, 5) is 17.1. The fourth-order valence-electron chi connectivity index (χ4n) is 4.67. The van der Waals surface area contributed by atoms with Gasteiger partial charge in [0.2, 0.25) is 5.82 Å². The highest BCUT2D eigenvalue weighted by Gasteiger charge is 2.15. The molecule has 0 radical (unpaired) electrons. The van der Waals surface area contributed by atoms with Gasteiger partial charge >= 0.3 is 5.97 Å². The van der Waals surface area contributed by atoms with E-state index in [2.05, 4.69) is 61.4 Å². The van der Waals surface area contributed by atoms with Gasteiger partial charge in [-0.15, -0.1) is 10.2 Å². The average molecular weight is 553 g/mol. The summed E-state index contributed by atoms with van der Waals surface area (Å²) < 4.78 is 7.72. The molecule has 0 unspecified atom stereocenters. The third-order valence-electron chi connectivity index (χ3n) is 6.93. The number of imidazole rings is 1. The van der Waals surface area contributed by atoms with Crippen molar-refractivity contribution in [2.75, 3.05) is 0 Å². The molecule has 10 heteroatoms. The average Bonchev–Trinajstić information content (AvgIpc) is 3.67. The van der Waals surface area contributed by atoms with Crippen molar-refractivity contribution in [1.29, 1.82) is 0 Å². The van der Waals surface area contributed by atoms with Crippen LogP contribution in [0.25, 0.3) is 22.5 Å². The van der Waals surface area contributed by atoms with Crippen LogP contribution in [0.1, 0.15) is 48.8 Å². The second-order valence-electron chi connectivity index (χ2n) is 9.82. The molecule has 0 atom stereocenters. The third kappa shape index (κ3) is 6.78. The second-order valence-corrected chi connectivity index (χ2v) is 9.82. The normalized spacial score (nSPS) is 11.0. The van der Waals surface area contributed by atoms with E-state index in [0.29, 0.717) is 18.8 Å². The predicted molar refractivity (Wildman–Crippen MR) is 153 cm³/mol. The molecular formula is C31H32N6O4. The Hall–Kier alpha value is -4.99. The number of aromatic nitrogens is 6. The summed E-state index contributed by atoms with van der Waals surface area (Å²) in [5.41, 5.74) is 5.63. The van der Waals surface area contributed by atoms with Gasteiger partial charge < -0.3 is 19.5 Å². The van der Waals surface area contributed by atoms with Crippen LogP contribution >= 0.6 is 0 Å². The lowest BCUT2D eigenvalue weighted by Crippen LogP contribution is -2.12. The summed E-state index contributed by atoms with van der Waals surface area (Å²) in [6.45, 7) is 2.87. The van der Waals surface area contributed by atoms with Gasteiger partial charge in [-0.2, -0.15) is 5.21 Å². The number of aromatic hydroxyl groups is 2. The first-order chi connectivity index (χ1) is 20.0. The standard InChI is InChI=1S/C31H32N6O4/c1-2-3-8-29-32-18-24(20-41-30(40)16-12-21-11-15-27(38)28(39)17-21)37(29)19-22-9-13-23(14-10-22)25-6-4-5-7-26(25)31-33-35-36-34-31/h4-7,9-11,13-15,17-18,38-39H,2-3,8,12,16,19-20H2,1H3,(H,33,34,35,36). The Morgan fingerprint density at radius 1 is 0.951 bits per heavy atom. The van der Waals surface area contributed by atoms with E-state index in [9.17, 15) is 15.0 Å².